The molecule has 0 atom stereocenters. The Bertz CT molecular complexity index is 1590. The van der Waals surface area contributed by atoms with Crippen molar-refractivity contribution in [2.24, 2.45) is 4.99 Å². The van der Waals surface area contributed by atoms with Crippen LogP contribution in [0.2, 0.25) is 0 Å². The van der Waals surface area contributed by atoms with Gasteiger partial charge in [0.2, 0.25) is 17.0 Å². The van der Waals surface area contributed by atoms with Gasteiger partial charge in [-0.15, -0.1) is 0 Å². The van der Waals surface area contributed by atoms with E-state index in [1.165, 1.54) is 0 Å². The second-order valence-corrected chi connectivity index (χ2v) is 8.86. The van der Waals surface area contributed by atoms with Crippen molar-refractivity contribution >= 4 is 51.5 Å². The van der Waals surface area contributed by atoms with E-state index in [4.69, 9.17) is 17.0 Å². The summed E-state index contributed by atoms with van der Waals surface area (Å²) < 4.78 is 5.86. The van der Waals surface area contributed by atoms with Crippen molar-refractivity contribution in [3.05, 3.63) is 109 Å². The summed E-state index contributed by atoms with van der Waals surface area (Å²) in [5, 5.41) is 10.8. The lowest BCUT2D eigenvalue weighted by Crippen LogP contribution is -2.26. The molecule has 38 heavy (non-hydrogen) atoms. The molecule has 2 aromatic heterocycles. The molecule has 0 fully saturated rings. The number of anilines is 3. The maximum absolute atomic E-state index is 5.86. The number of hydrogen-bond acceptors (Lipinski definition) is 5. The molecule has 0 aliphatic heterocycles. The molecule has 0 amide bonds. The summed E-state index contributed by atoms with van der Waals surface area (Å²) in [6, 6.07) is 28.9. The number of fused-ring (bicyclic) bond motifs is 1. The van der Waals surface area contributed by atoms with Crippen LogP contribution in [0.4, 0.5) is 17.3 Å². The summed E-state index contributed by atoms with van der Waals surface area (Å²) in [6.45, 7) is 3.82. The van der Waals surface area contributed by atoms with E-state index >= 15 is 0 Å². The third-order valence-electron chi connectivity index (χ3n) is 5.36. The normalized spacial score (nSPS) is 11.2. The first kappa shape index (κ1) is 24.8. The highest BCUT2D eigenvalue weighted by Gasteiger charge is 2.09. The Morgan fingerprint density at radius 3 is 2.18 bits per heavy atom. The standard InChI is InChI=1S/C29H25N7OS/c1-19-16-20(2)32-27(31-19)35-28(33-23-17-21-8-6-7-11-26(21)30-18-23)36-29(38)34-22-12-14-25(15-13-22)37-24-9-4-3-5-10-24/h3-18H,1-2H3,(H3,31,32,33,34,35,36,38). The first-order chi connectivity index (χ1) is 18.5. The summed E-state index contributed by atoms with van der Waals surface area (Å²) in [5.74, 6) is 2.25. The van der Waals surface area contributed by atoms with E-state index in [1.807, 2.05) is 105 Å². The fourth-order valence-electron chi connectivity index (χ4n) is 3.73. The molecule has 5 rings (SSSR count). The van der Waals surface area contributed by atoms with Crippen molar-refractivity contribution < 1.29 is 4.74 Å². The van der Waals surface area contributed by atoms with Gasteiger partial charge in [-0.05, 0) is 80.7 Å². The predicted octanol–water partition coefficient (Wildman–Crippen LogP) is 6.71. The molecule has 5 aromatic rings. The van der Waals surface area contributed by atoms with E-state index in [0.29, 0.717) is 11.9 Å². The average Bonchev–Trinajstić information content (AvgIpc) is 2.90. The maximum Gasteiger partial charge on any atom is 0.229 e. The number of benzene rings is 3. The number of aliphatic imine (C=N–C) groups is 1. The number of aryl methyl sites for hydroxylation is 2. The highest BCUT2D eigenvalue weighted by Crippen LogP contribution is 2.23. The summed E-state index contributed by atoms with van der Waals surface area (Å²) in [5.41, 5.74) is 4.09. The molecule has 3 N–H and O–H groups in total. The average molecular weight is 520 g/mol. The molecule has 0 radical (unpaired) electrons. The molecular formula is C29H25N7OS. The molecular weight excluding hydrogens is 494 g/mol. The summed E-state index contributed by atoms with van der Waals surface area (Å²) in [7, 11) is 0. The number of pyridine rings is 1. The molecule has 0 aliphatic rings. The highest BCUT2D eigenvalue weighted by atomic mass is 32.1. The molecule has 2 heterocycles. The number of nitrogens with one attached hydrogen (secondary N) is 3. The number of rotatable bonds is 5. The van der Waals surface area contributed by atoms with Gasteiger partial charge in [-0.25, -0.2) is 9.97 Å². The summed E-state index contributed by atoms with van der Waals surface area (Å²) in [6.07, 6.45) is 1.74. The van der Waals surface area contributed by atoms with Crippen molar-refractivity contribution in [1.82, 2.24) is 15.0 Å². The topological polar surface area (TPSA) is 96.4 Å². The van der Waals surface area contributed by atoms with Gasteiger partial charge in [0.25, 0.3) is 0 Å². The zero-order valence-corrected chi connectivity index (χ0v) is 21.7. The second kappa shape index (κ2) is 11.4. The van der Waals surface area contributed by atoms with Crippen molar-refractivity contribution in [2.45, 2.75) is 13.8 Å². The van der Waals surface area contributed by atoms with Gasteiger partial charge in [-0.3, -0.25) is 10.3 Å². The molecule has 3 aromatic carbocycles. The van der Waals surface area contributed by atoms with Crippen molar-refractivity contribution in [1.29, 1.82) is 0 Å². The fraction of sp³-hybridized carbons (Fsp3) is 0.0690. The van der Waals surface area contributed by atoms with Crippen molar-refractivity contribution in [3.63, 3.8) is 0 Å². The third kappa shape index (κ3) is 6.65. The van der Waals surface area contributed by atoms with Crippen LogP contribution in [-0.4, -0.2) is 26.0 Å². The quantitative estimate of drug-likeness (QED) is 0.134. The van der Waals surface area contributed by atoms with Gasteiger partial charge in [0, 0.05) is 22.5 Å². The minimum Gasteiger partial charge on any atom is -0.457 e. The molecule has 0 spiro atoms. The van der Waals surface area contributed by atoms with Gasteiger partial charge in [0.05, 0.1) is 17.4 Å². The zero-order valence-electron chi connectivity index (χ0n) is 20.8. The lowest BCUT2D eigenvalue weighted by Gasteiger charge is -2.13. The highest BCUT2D eigenvalue weighted by molar-refractivity contribution is 7.80. The predicted molar refractivity (Wildman–Crippen MR) is 157 cm³/mol. The van der Waals surface area contributed by atoms with Crippen LogP contribution in [-0.2, 0) is 0 Å². The van der Waals surface area contributed by atoms with Crippen LogP contribution in [0.15, 0.2) is 102 Å². The summed E-state index contributed by atoms with van der Waals surface area (Å²) in [4.78, 5) is 18.0. The minimum absolute atomic E-state index is 0.245. The lowest BCUT2D eigenvalue weighted by atomic mass is 10.2. The Balaban J connectivity index is 1.34. The Morgan fingerprint density at radius 2 is 1.42 bits per heavy atom. The van der Waals surface area contributed by atoms with E-state index in [1.54, 1.807) is 6.20 Å². The van der Waals surface area contributed by atoms with Crippen molar-refractivity contribution in [3.8, 4) is 11.5 Å². The molecule has 188 valence electrons. The minimum atomic E-state index is 0.245. The third-order valence-corrected chi connectivity index (χ3v) is 5.56. The van der Waals surface area contributed by atoms with Gasteiger partial charge in [-0.1, -0.05) is 36.4 Å². The summed E-state index contributed by atoms with van der Waals surface area (Å²) >= 11 is 5.54. The van der Waals surface area contributed by atoms with Gasteiger partial charge in [0.15, 0.2) is 0 Å². The number of hydrogen-bond donors (Lipinski definition) is 3. The van der Waals surface area contributed by atoms with E-state index in [9.17, 15) is 0 Å². The van der Waals surface area contributed by atoms with Gasteiger partial charge < -0.3 is 15.4 Å². The van der Waals surface area contributed by atoms with E-state index in [0.717, 1.165) is 45.2 Å². The molecule has 9 heteroatoms. The van der Waals surface area contributed by atoms with Crippen molar-refractivity contribution in [2.75, 3.05) is 16.0 Å². The van der Waals surface area contributed by atoms with Crippen LogP contribution in [0.1, 0.15) is 11.4 Å². The molecule has 0 unspecified atom stereocenters. The monoisotopic (exact) mass is 519 g/mol. The SMILES string of the molecule is Cc1cc(C)nc(N/C(=N\C(=S)Nc2ccc(Oc3ccccc3)cc2)Nc2cnc3ccccc3c2)n1. The van der Waals surface area contributed by atoms with E-state index in [-0.39, 0.29) is 5.11 Å². The molecule has 0 aliphatic carbocycles. The number of thiocarbonyl (C=S) groups is 1. The Kier molecular flexibility index (Phi) is 7.47. The first-order valence-electron chi connectivity index (χ1n) is 11.9. The van der Waals surface area contributed by atoms with Crippen LogP contribution in [0.3, 0.4) is 0 Å². The first-order valence-corrected chi connectivity index (χ1v) is 12.3. The maximum atomic E-state index is 5.86. The Hall–Kier alpha value is -4.89. The van der Waals surface area contributed by atoms with Crippen LogP contribution in [0.5, 0.6) is 11.5 Å². The van der Waals surface area contributed by atoms with Crippen LogP contribution in [0.25, 0.3) is 10.9 Å². The van der Waals surface area contributed by atoms with Gasteiger partial charge in [0.1, 0.15) is 11.5 Å². The van der Waals surface area contributed by atoms with Crippen LogP contribution < -0.4 is 20.7 Å². The van der Waals surface area contributed by atoms with Gasteiger partial charge >= 0.3 is 0 Å². The number of para-hydroxylation sites is 2. The lowest BCUT2D eigenvalue weighted by molar-refractivity contribution is 0.483. The van der Waals surface area contributed by atoms with E-state index in [2.05, 4.69) is 35.9 Å². The fourth-order valence-corrected chi connectivity index (χ4v) is 3.94. The molecule has 8 nitrogen and oxygen atoms in total. The van der Waals surface area contributed by atoms with Crippen LogP contribution in [0, 0.1) is 13.8 Å². The second-order valence-electron chi connectivity index (χ2n) is 8.47. The van der Waals surface area contributed by atoms with Crippen LogP contribution >= 0.6 is 12.2 Å². The molecule has 0 saturated heterocycles. The van der Waals surface area contributed by atoms with Gasteiger partial charge in [-0.2, -0.15) is 4.99 Å². The smallest absolute Gasteiger partial charge is 0.229 e. The molecule has 0 saturated carbocycles. The Morgan fingerprint density at radius 1 is 0.737 bits per heavy atom. The Labute approximate surface area is 225 Å². The number of guanidine groups is 1. The van der Waals surface area contributed by atoms with E-state index < -0.39 is 0 Å². The largest absolute Gasteiger partial charge is 0.457 e. The number of ether oxygens (including phenoxy) is 1. The molecule has 0 bridgehead atoms. The number of aromatic nitrogens is 3. The number of nitrogens with zero attached hydrogens (tertiary/aromatic N) is 4. The zero-order chi connectivity index (χ0) is 26.3.